The van der Waals surface area contributed by atoms with Crippen molar-refractivity contribution in [2.75, 3.05) is 7.11 Å². The summed E-state index contributed by atoms with van der Waals surface area (Å²) < 4.78 is 5.10. The highest BCUT2D eigenvalue weighted by Gasteiger charge is 1.98. The van der Waals surface area contributed by atoms with E-state index in [-0.39, 0.29) is 0 Å². The molecule has 1 aromatic rings. The molecule has 64 valence electrons. The second-order valence-electron chi connectivity index (χ2n) is 2.31. The summed E-state index contributed by atoms with van der Waals surface area (Å²) in [6.07, 6.45) is 2.01. The summed E-state index contributed by atoms with van der Waals surface area (Å²) in [6, 6.07) is 7.63. The van der Waals surface area contributed by atoms with Crippen LogP contribution in [-0.4, -0.2) is 18.5 Å². The summed E-state index contributed by atoms with van der Waals surface area (Å²) in [5, 5.41) is 11.1. The zero-order valence-corrected chi connectivity index (χ0v) is 6.90. The Balaban J connectivity index is 2.81. The van der Waals surface area contributed by atoms with Crippen molar-refractivity contribution in [1.82, 2.24) is 0 Å². The van der Waals surface area contributed by atoms with Gasteiger partial charge in [-0.15, -0.1) is 5.16 Å². The Kier molecular flexibility index (Phi) is 3.14. The van der Waals surface area contributed by atoms with Gasteiger partial charge >= 0.3 is 0 Å². The monoisotopic (exact) mass is 165 g/mol. The Morgan fingerprint density at radius 1 is 1.50 bits per heavy atom. The Labute approximate surface area is 71.3 Å². The lowest BCUT2D eigenvalue weighted by Gasteiger charge is -2.04. The second kappa shape index (κ2) is 4.38. The molecule has 0 aromatic heterocycles. The van der Waals surface area contributed by atoms with E-state index in [9.17, 15) is 0 Å². The van der Waals surface area contributed by atoms with Crippen LogP contribution in [0.1, 0.15) is 5.56 Å². The van der Waals surface area contributed by atoms with Crippen LogP contribution in [0.3, 0.4) is 0 Å². The molecule has 0 bridgehead atoms. The maximum atomic E-state index is 8.22. The topological polar surface area (TPSA) is 41.8 Å². The molecule has 1 rings (SSSR count). The molecule has 0 unspecified atom stereocenters. The van der Waals surface area contributed by atoms with Crippen molar-refractivity contribution in [2.24, 2.45) is 5.16 Å². The molecular formula is C9H11NO2. The Hall–Kier alpha value is -1.51. The average Bonchev–Trinajstić information content (AvgIpc) is 2.15. The highest BCUT2D eigenvalue weighted by atomic mass is 16.5. The lowest BCUT2D eigenvalue weighted by atomic mass is 10.1. The zero-order chi connectivity index (χ0) is 8.81. The average molecular weight is 165 g/mol. The first-order valence-electron chi connectivity index (χ1n) is 3.66. The molecule has 0 aliphatic heterocycles. The summed E-state index contributed by atoms with van der Waals surface area (Å²) in [6.45, 7) is 0. The molecule has 1 N–H and O–H groups in total. The molecule has 0 aliphatic rings. The number of hydrogen-bond donors (Lipinski definition) is 1. The van der Waals surface area contributed by atoms with Gasteiger partial charge in [-0.05, 0) is 11.6 Å². The normalized spacial score (nSPS) is 10.4. The van der Waals surface area contributed by atoms with E-state index in [1.807, 2.05) is 24.3 Å². The van der Waals surface area contributed by atoms with Crippen molar-refractivity contribution in [3.8, 4) is 5.75 Å². The standard InChI is InChI=1S/C9H11NO2/c1-12-9-5-3-2-4-8(9)6-7-10-11/h2-5,7,11H,6H2,1H3. The van der Waals surface area contributed by atoms with Gasteiger partial charge in [0.25, 0.3) is 0 Å². The molecular weight excluding hydrogens is 154 g/mol. The largest absolute Gasteiger partial charge is 0.496 e. The number of methoxy groups -OCH3 is 1. The van der Waals surface area contributed by atoms with Crippen LogP contribution in [0.15, 0.2) is 29.4 Å². The van der Waals surface area contributed by atoms with Crippen molar-refractivity contribution in [1.29, 1.82) is 0 Å². The molecule has 0 fully saturated rings. The summed E-state index contributed by atoms with van der Waals surface area (Å²) in [7, 11) is 1.62. The van der Waals surface area contributed by atoms with Crippen LogP contribution in [0.5, 0.6) is 5.75 Å². The lowest BCUT2D eigenvalue weighted by molar-refractivity contribution is 0.320. The fraction of sp³-hybridized carbons (Fsp3) is 0.222. The number of benzene rings is 1. The van der Waals surface area contributed by atoms with Gasteiger partial charge in [-0.3, -0.25) is 0 Å². The molecule has 0 spiro atoms. The van der Waals surface area contributed by atoms with Gasteiger partial charge in [0, 0.05) is 12.6 Å². The first-order chi connectivity index (χ1) is 5.88. The number of hydrogen-bond acceptors (Lipinski definition) is 3. The Morgan fingerprint density at radius 2 is 2.25 bits per heavy atom. The van der Waals surface area contributed by atoms with Gasteiger partial charge in [-0.2, -0.15) is 0 Å². The third-order valence-corrected chi connectivity index (χ3v) is 1.59. The quantitative estimate of drug-likeness (QED) is 0.420. The molecule has 0 saturated carbocycles. The maximum Gasteiger partial charge on any atom is 0.122 e. The number of ether oxygens (including phenoxy) is 1. The van der Waals surface area contributed by atoms with Crippen LogP contribution in [0.4, 0.5) is 0 Å². The van der Waals surface area contributed by atoms with Crippen LogP contribution in [-0.2, 0) is 6.42 Å². The first-order valence-corrected chi connectivity index (χ1v) is 3.66. The fourth-order valence-corrected chi connectivity index (χ4v) is 1.01. The van der Waals surface area contributed by atoms with E-state index < -0.39 is 0 Å². The molecule has 0 saturated heterocycles. The lowest BCUT2D eigenvalue weighted by Crippen LogP contribution is -1.92. The molecule has 0 atom stereocenters. The van der Waals surface area contributed by atoms with Gasteiger partial charge in [0.2, 0.25) is 0 Å². The van der Waals surface area contributed by atoms with Gasteiger partial charge in [-0.25, -0.2) is 0 Å². The second-order valence-corrected chi connectivity index (χ2v) is 2.31. The van der Waals surface area contributed by atoms with E-state index in [0.717, 1.165) is 11.3 Å². The molecule has 1 aromatic carbocycles. The molecule has 12 heavy (non-hydrogen) atoms. The summed E-state index contributed by atoms with van der Waals surface area (Å²) in [5.74, 6) is 0.817. The Bertz CT molecular complexity index is 271. The predicted octanol–water partition coefficient (Wildman–Crippen LogP) is 1.70. The molecule has 3 heteroatoms. The van der Waals surface area contributed by atoms with Crippen molar-refractivity contribution in [3.63, 3.8) is 0 Å². The van der Waals surface area contributed by atoms with Crippen molar-refractivity contribution in [3.05, 3.63) is 29.8 Å². The van der Waals surface area contributed by atoms with Gasteiger partial charge in [0.05, 0.1) is 7.11 Å². The third kappa shape index (κ3) is 1.99. The molecule has 0 aliphatic carbocycles. The van der Waals surface area contributed by atoms with Gasteiger partial charge in [0.15, 0.2) is 0 Å². The molecule has 0 heterocycles. The summed E-state index contributed by atoms with van der Waals surface area (Å²) >= 11 is 0. The molecule has 0 amide bonds. The van der Waals surface area contributed by atoms with E-state index in [0.29, 0.717) is 6.42 Å². The van der Waals surface area contributed by atoms with Crippen molar-refractivity contribution in [2.45, 2.75) is 6.42 Å². The number of nitrogens with zero attached hydrogens (tertiary/aromatic N) is 1. The molecule has 0 radical (unpaired) electrons. The highest BCUT2D eigenvalue weighted by Crippen LogP contribution is 2.16. The highest BCUT2D eigenvalue weighted by molar-refractivity contribution is 5.62. The maximum absolute atomic E-state index is 8.22. The number of oxime groups is 1. The van der Waals surface area contributed by atoms with Gasteiger partial charge < -0.3 is 9.94 Å². The van der Waals surface area contributed by atoms with E-state index in [4.69, 9.17) is 9.94 Å². The first kappa shape index (κ1) is 8.59. The van der Waals surface area contributed by atoms with E-state index in [2.05, 4.69) is 5.16 Å². The third-order valence-electron chi connectivity index (χ3n) is 1.59. The summed E-state index contributed by atoms with van der Waals surface area (Å²) in [4.78, 5) is 0. The minimum Gasteiger partial charge on any atom is -0.496 e. The van der Waals surface area contributed by atoms with Crippen LogP contribution in [0, 0.1) is 0 Å². The predicted molar refractivity (Wildman–Crippen MR) is 47.0 cm³/mol. The minimum atomic E-state index is 0.584. The van der Waals surface area contributed by atoms with Gasteiger partial charge in [0.1, 0.15) is 5.75 Å². The van der Waals surface area contributed by atoms with Crippen molar-refractivity contribution < 1.29 is 9.94 Å². The summed E-state index contributed by atoms with van der Waals surface area (Å²) in [5.41, 5.74) is 1.01. The fourth-order valence-electron chi connectivity index (χ4n) is 1.01. The Morgan fingerprint density at radius 3 is 2.92 bits per heavy atom. The van der Waals surface area contributed by atoms with Crippen molar-refractivity contribution >= 4 is 6.21 Å². The van der Waals surface area contributed by atoms with Gasteiger partial charge in [-0.1, -0.05) is 18.2 Å². The van der Waals surface area contributed by atoms with Crippen LogP contribution in [0.2, 0.25) is 0 Å². The SMILES string of the molecule is COc1ccccc1CC=NO. The molecule has 3 nitrogen and oxygen atoms in total. The van der Waals surface area contributed by atoms with Crippen LogP contribution < -0.4 is 4.74 Å². The van der Waals surface area contributed by atoms with Crippen LogP contribution in [0.25, 0.3) is 0 Å². The van der Waals surface area contributed by atoms with E-state index >= 15 is 0 Å². The number of rotatable bonds is 3. The minimum absolute atomic E-state index is 0.584. The smallest absolute Gasteiger partial charge is 0.122 e. The van der Waals surface area contributed by atoms with E-state index in [1.54, 1.807) is 7.11 Å². The zero-order valence-electron chi connectivity index (χ0n) is 6.90. The van der Waals surface area contributed by atoms with Crippen LogP contribution >= 0.6 is 0 Å². The number of para-hydroxylation sites is 1. The van der Waals surface area contributed by atoms with E-state index in [1.165, 1.54) is 6.21 Å².